The largest absolute Gasteiger partial charge is 0.507 e. The van der Waals surface area contributed by atoms with Crippen molar-refractivity contribution < 1.29 is 14.6 Å². The van der Waals surface area contributed by atoms with Crippen molar-refractivity contribution in [3.8, 4) is 17.2 Å². The normalized spacial score (nSPS) is 12.5. The van der Waals surface area contributed by atoms with Gasteiger partial charge in [0.15, 0.2) is 11.5 Å². The van der Waals surface area contributed by atoms with Gasteiger partial charge in [-0.2, -0.15) is 0 Å². The van der Waals surface area contributed by atoms with Crippen LogP contribution >= 0.6 is 0 Å². The summed E-state index contributed by atoms with van der Waals surface area (Å²) in [4.78, 5) is 0. The Morgan fingerprint density at radius 2 is 1.89 bits per heavy atom. The minimum Gasteiger partial charge on any atom is -0.507 e. The Morgan fingerprint density at radius 3 is 2.68 bits per heavy atom. The molecule has 2 aromatic rings. The summed E-state index contributed by atoms with van der Waals surface area (Å²) in [5, 5.41) is 13.3. The second-order valence-corrected chi connectivity index (χ2v) is 4.50. The lowest BCUT2D eigenvalue weighted by atomic mass is 10.1. The average molecular weight is 257 g/mol. The summed E-state index contributed by atoms with van der Waals surface area (Å²) in [6, 6.07) is 11.4. The standard InChI is InChI=1S/C15H15NO3/c1-10-4-2-3-5-12(10)16-8-11-6-14-15(7-13(11)17)19-9-18-14/h2-7,16-17H,8-9H2,1H3. The predicted molar refractivity (Wildman–Crippen MR) is 72.7 cm³/mol. The van der Waals surface area contributed by atoms with Gasteiger partial charge in [0, 0.05) is 23.9 Å². The Kier molecular flexibility index (Phi) is 2.91. The van der Waals surface area contributed by atoms with Gasteiger partial charge in [-0.05, 0) is 24.6 Å². The molecule has 98 valence electrons. The van der Waals surface area contributed by atoms with Crippen molar-refractivity contribution in [2.24, 2.45) is 0 Å². The number of hydrogen-bond acceptors (Lipinski definition) is 4. The zero-order chi connectivity index (χ0) is 13.2. The van der Waals surface area contributed by atoms with Gasteiger partial charge in [0.2, 0.25) is 6.79 Å². The molecule has 0 unspecified atom stereocenters. The quantitative estimate of drug-likeness (QED) is 0.887. The van der Waals surface area contributed by atoms with E-state index in [4.69, 9.17) is 9.47 Å². The molecule has 0 amide bonds. The van der Waals surface area contributed by atoms with Gasteiger partial charge in [-0.25, -0.2) is 0 Å². The summed E-state index contributed by atoms with van der Waals surface area (Å²) in [6.45, 7) is 2.79. The zero-order valence-electron chi connectivity index (χ0n) is 10.6. The van der Waals surface area contributed by atoms with Gasteiger partial charge in [0.25, 0.3) is 0 Å². The smallest absolute Gasteiger partial charge is 0.231 e. The first-order valence-corrected chi connectivity index (χ1v) is 6.15. The Hall–Kier alpha value is -2.36. The Morgan fingerprint density at radius 1 is 1.16 bits per heavy atom. The topological polar surface area (TPSA) is 50.7 Å². The third-order valence-electron chi connectivity index (χ3n) is 3.19. The van der Waals surface area contributed by atoms with Gasteiger partial charge in [-0.1, -0.05) is 18.2 Å². The number of phenols is 1. The molecule has 19 heavy (non-hydrogen) atoms. The molecule has 0 fully saturated rings. The highest BCUT2D eigenvalue weighted by Crippen LogP contribution is 2.37. The Balaban J connectivity index is 1.79. The molecule has 0 atom stereocenters. The zero-order valence-corrected chi connectivity index (χ0v) is 10.6. The average Bonchev–Trinajstić information content (AvgIpc) is 2.84. The minimum absolute atomic E-state index is 0.212. The van der Waals surface area contributed by atoms with Crippen LogP contribution in [0.3, 0.4) is 0 Å². The number of ether oxygens (including phenoxy) is 2. The van der Waals surface area contributed by atoms with Crippen LogP contribution in [0.25, 0.3) is 0 Å². The number of nitrogens with one attached hydrogen (secondary N) is 1. The molecule has 2 aromatic carbocycles. The summed E-state index contributed by atoms with van der Waals surface area (Å²) < 4.78 is 10.5. The minimum atomic E-state index is 0.212. The van der Waals surface area contributed by atoms with Crippen molar-refractivity contribution in [2.75, 3.05) is 12.1 Å². The number of benzene rings is 2. The first-order valence-electron chi connectivity index (χ1n) is 6.15. The van der Waals surface area contributed by atoms with Crippen molar-refractivity contribution in [3.63, 3.8) is 0 Å². The van der Waals surface area contributed by atoms with Crippen LogP contribution in [-0.2, 0) is 6.54 Å². The van der Waals surface area contributed by atoms with E-state index in [1.165, 1.54) is 5.56 Å². The molecule has 0 aromatic heterocycles. The molecule has 3 rings (SSSR count). The molecule has 0 saturated carbocycles. The van der Waals surface area contributed by atoms with Crippen LogP contribution in [0.4, 0.5) is 5.69 Å². The number of hydrogen-bond donors (Lipinski definition) is 2. The molecule has 1 aliphatic rings. The van der Waals surface area contributed by atoms with Gasteiger partial charge < -0.3 is 19.9 Å². The van der Waals surface area contributed by atoms with E-state index in [1.807, 2.05) is 37.3 Å². The number of fused-ring (bicyclic) bond motifs is 1. The SMILES string of the molecule is Cc1ccccc1NCc1cc2c(cc1O)OCO2. The summed E-state index contributed by atoms with van der Waals surface area (Å²) in [6.07, 6.45) is 0. The maximum atomic E-state index is 9.95. The van der Waals surface area contributed by atoms with Crippen LogP contribution in [0.5, 0.6) is 17.2 Å². The second kappa shape index (κ2) is 4.72. The maximum absolute atomic E-state index is 9.95. The molecular formula is C15H15NO3. The number of phenolic OH excluding ortho intramolecular Hbond substituents is 1. The van der Waals surface area contributed by atoms with E-state index >= 15 is 0 Å². The van der Waals surface area contributed by atoms with E-state index in [0.717, 1.165) is 11.3 Å². The lowest BCUT2D eigenvalue weighted by molar-refractivity contribution is 0.174. The molecule has 2 N–H and O–H groups in total. The molecule has 0 spiro atoms. The third-order valence-corrected chi connectivity index (χ3v) is 3.19. The van der Waals surface area contributed by atoms with Crippen molar-refractivity contribution in [2.45, 2.75) is 13.5 Å². The first kappa shape index (κ1) is 11.7. The van der Waals surface area contributed by atoms with Crippen molar-refractivity contribution >= 4 is 5.69 Å². The van der Waals surface area contributed by atoms with E-state index in [0.29, 0.717) is 18.0 Å². The monoisotopic (exact) mass is 257 g/mol. The van der Waals surface area contributed by atoms with Gasteiger partial charge in [-0.3, -0.25) is 0 Å². The van der Waals surface area contributed by atoms with E-state index in [9.17, 15) is 5.11 Å². The highest BCUT2D eigenvalue weighted by Gasteiger charge is 2.16. The molecule has 4 nitrogen and oxygen atoms in total. The van der Waals surface area contributed by atoms with E-state index in [1.54, 1.807) is 6.07 Å². The van der Waals surface area contributed by atoms with Crippen LogP contribution in [0.15, 0.2) is 36.4 Å². The van der Waals surface area contributed by atoms with Gasteiger partial charge in [-0.15, -0.1) is 0 Å². The number of aryl methyl sites for hydroxylation is 1. The second-order valence-electron chi connectivity index (χ2n) is 4.50. The molecule has 0 radical (unpaired) electrons. The molecule has 0 saturated heterocycles. The fourth-order valence-electron chi connectivity index (χ4n) is 2.08. The molecule has 4 heteroatoms. The fourth-order valence-corrected chi connectivity index (χ4v) is 2.08. The highest BCUT2D eigenvalue weighted by atomic mass is 16.7. The third kappa shape index (κ3) is 2.29. The summed E-state index contributed by atoms with van der Waals surface area (Å²) in [5.41, 5.74) is 3.01. The van der Waals surface area contributed by atoms with Gasteiger partial charge >= 0.3 is 0 Å². The molecule has 0 aliphatic carbocycles. The summed E-state index contributed by atoms with van der Waals surface area (Å²) in [7, 11) is 0. The number of rotatable bonds is 3. The van der Waals surface area contributed by atoms with Crippen LogP contribution in [-0.4, -0.2) is 11.9 Å². The first-order chi connectivity index (χ1) is 9.24. The predicted octanol–water partition coefficient (Wildman–Crippen LogP) is 3.04. The fraction of sp³-hybridized carbons (Fsp3) is 0.200. The van der Waals surface area contributed by atoms with Gasteiger partial charge in [0.05, 0.1) is 0 Å². The van der Waals surface area contributed by atoms with Gasteiger partial charge in [0.1, 0.15) is 5.75 Å². The van der Waals surface area contributed by atoms with E-state index in [-0.39, 0.29) is 12.5 Å². The molecule has 1 heterocycles. The highest BCUT2D eigenvalue weighted by molar-refractivity contribution is 5.54. The van der Waals surface area contributed by atoms with Crippen LogP contribution in [0, 0.1) is 6.92 Å². The number of para-hydroxylation sites is 1. The number of aromatic hydroxyl groups is 1. The van der Waals surface area contributed by atoms with Crippen molar-refractivity contribution in [3.05, 3.63) is 47.5 Å². The van der Waals surface area contributed by atoms with Crippen LogP contribution in [0.1, 0.15) is 11.1 Å². The van der Waals surface area contributed by atoms with Crippen molar-refractivity contribution in [1.82, 2.24) is 0 Å². The summed E-state index contributed by atoms with van der Waals surface area (Å²) >= 11 is 0. The Bertz CT molecular complexity index is 610. The molecule has 1 aliphatic heterocycles. The lowest BCUT2D eigenvalue weighted by Gasteiger charge is -2.11. The van der Waals surface area contributed by atoms with Crippen molar-refractivity contribution in [1.29, 1.82) is 0 Å². The Labute approximate surface area is 111 Å². The van der Waals surface area contributed by atoms with E-state index in [2.05, 4.69) is 5.32 Å². The van der Waals surface area contributed by atoms with Crippen LogP contribution < -0.4 is 14.8 Å². The van der Waals surface area contributed by atoms with E-state index < -0.39 is 0 Å². The maximum Gasteiger partial charge on any atom is 0.231 e. The summed E-state index contributed by atoms with van der Waals surface area (Å²) in [5.74, 6) is 1.49. The molecular weight excluding hydrogens is 242 g/mol. The molecule has 0 bridgehead atoms. The van der Waals surface area contributed by atoms with Crippen LogP contribution in [0.2, 0.25) is 0 Å². The number of anilines is 1. The lowest BCUT2D eigenvalue weighted by Crippen LogP contribution is -2.01.